The maximum Gasteiger partial charge on any atom is 0.308 e. The molecule has 2 aromatic heterocycles. The molecule has 220 valence electrons. The predicted molar refractivity (Wildman–Crippen MR) is 162 cm³/mol. The number of ether oxygens (including phenoxy) is 1. The van der Waals surface area contributed by atoms with Crippen LogP contribution in [-0.2, 0) is 9.53 Å². The third kappa shape index (κ3) is 7.90. The lowest BCUT2D eigenvalue weighted by Crippen LogP contribution is -2.20. The van der Waals surface area contributed by atoms with Crippen molar-refractivity contribution in [2.75, 3.05) is 11.9 Å². The second kappa shape index (κ2) is 14.5. The van der Waals surface area contributed by atoms with Gasteiger partial charge in [-0.05, 0) is 55.8 Å². The quantitative estimate of drug-likeness (QED) is 0.159. The molecule has 42 heavy (non-hydrogen) atoms. The summed E-state index contributed by atoms with van der Waals surface area (Å²) in [5, 5.41) is 29.3. The number of aliphatic hydroxyl groups excluding tert-OH is 2. The summed E-state index contributed by atoms with van der Waals surface area (Å²) in [6.45, 7) is 6.07. The summed E-state index contributed by atoms with van der Waals surface area (Å²) in [6.07, 6.45) is 3.58. The smallest absolute Gasteiger partial charge is 0.308 e. The molecule has 3 N–H and O–H groups in total. The SMILES string of the molecule is CCOC(=O)C[C@H](O)C[C@H](O)C=Cc1c(C(C)CC)nn(-c2ccnc(Nc3ccccc3)c2)c1-c1ccc(F)cc1. The second-order valence-electron chi connectivity index (χ2n) is 10.1. The van der Waals surface area contributed by atoms with Crippen molar-refractivity contribution in [1.29, 1.82) is 0 Å². The van der Waals surface area contributed by atoms with Crippen molar-refractivity contribution >= 4 is 23.6 Å². The molecule has 0 spiro atoms. The number of nitrogens with one attached hydrogen (secondary N) is 1. The molecule has 0 saturated heterocycles. The van der Waals surface area contributed by atoms with E-state index in [1.54, 1.807) is 37.4 Å². The van der Waals surface area contributed by atoms with Crippen molar-refractivity contribution in [1.82, 2.24) is 14.8 Å². The number of aromatic nitrogens is 3. The lowest BCUT2D eigenvalue weighted by atomic mass is 9.96. The van der Waals surface area contributed by atoms with E-state index in [4.69, 9.17) is 9.84 Å². The monoisotopic (exact) mass is 572 g/mol. The van der Waals surface area contributed by atoms with E-state index in [0.717, 1.165) is 40.3 Å². The molecule has 1 unspecified atom stereocenters. The molecule has 0 amide bonds. The van der Waals surface area contributed by atoms with Gasteiger partial charge in [-0.3, -0.25) is 4.79 Å². The number of pyridine rings is 1. The minimum absolute atomic E-state index is 0.0349. The fraction of sp³-hybridized carbons (Fsp3) is 0.303. The van der Waals surface area contributed by atoms with Gasteiger partial charge in [0.15, 0.2) is 0 Å². The van der Waals surface area contributed by atoms with Crippen molar-refractivity contribution in [2.24, 2.45) is 0 Å². The van der Waals surface area contributed by atoms with Gasteiger partial charge in [0.1, 0.15) is 11.6 Å². The van der Waals surface area contributed by atoms with E-state index in [1.165, 1.54) is 12.1 Å². The van der Waals surface area contributed by atoms with Gasteiger partial charge in [-0.1, -0.05) is 44.2 Å². The van der Waals surface area contributed by atoms with Gasteiger partial charge in [0, 0.05) is 41.4 Å². The van der Waals surface area contributed by atoms with Crippen LogP contribution in [0.4, 0.5) is 15.9 Å². The Bertz CT molecular complexity index is 1490. The Kier molecular flexibility index (Phi) is 10.6. The molecule has 0 radical (unpaired) electrons. The molecule has 2 heterocycles. The van der Waals surface area contributed by atoms with Crippen molar-refractivity contribution < 1.29 is 24.1 Å². The van der Waals surface area contributed by atoms with Crippen LogP contribution in [0.2, 0.25) is 0 Å². The Morgan fingerprint density at radius 1 is 1.10 bits per heavy atom. The number of anilines is 2. The minimum Gasteiger partial charge on any atom is -0.466 e. The van der Waals surface area contributed by atoms with Gasteiger partial charge in [0.2, 0.25) is 0 Å². The highest BCUT2D eigenvalue weighted by Gasteiger charge is 2.23. The average Bonchev–Trinajstić information content (AvgIpc) is 3.36. The Morgan fingerprint density at radius 2 is 1.83 bits per heavy atom. The summed E-state index contributed by atoms with van der Waals surface area (Å²) in [5.41, 5.74) is 4.68. The first-order valence-electron chi connectivity index (χ1n) is 14.2. The first kappa shape index (κ1) is 30.6. The highest BCUT2D eigenvalue weighted by molar-refractivity contribution is 5.76. The number of para-hydroxylation sites is 1. The minimum atomic E-state index is -1.05. The molecule has 0 aliphatic carbocycles. The van der Waals surface area contributed by atoms with E-state index in [1.807, 2.05) is 47.1 Å². The van der Waals surface area contributed by atoms with Crippen LogP contribution in [0, 0.1) is 5.82 Å². The number of halogens is 1. The van der Waals surface area contributed by atoms with Crippen LogP contribution < -0.4 is 5.32 Å². The number of rotatable bonds is 13. The Labute approximate surface area is 245 Å². The maximum absolute atomic E-state index is 13.9. The molecular weight excluding hydrogens is 535 g/mol. The third-order valence-electron chi connectivity index (χ3n) is 6.89. The van der Waals surface area contributed by atoms with Gasteiger partial charge >= 0.3 is 5.97 Å². The van der Waals surface area contributed by atoms with Crippen LogP contribution in [0.3, 0.4) is 0 Å². The molecule has 0 fully saturated rings. The van der Waals surface area contributed by atoms with Crippen LogP contribution in [0.15, 0.2) is 79.0 Å². The van der Waals surface area contributed by atoms with E-state index in [9.17, 15) is 19.4 Å². The third-order valence-corrected chi connectivity index (χ3v) is 6.89. The number of carbonyl (C=O) groups excluding carboxylic acids is 1. The number of aliphatic hydroxyl groups is 2. The summed E-state index contributed by atoms with van der Waals surface area (Å²) in [6, 6.07) is 19.7. The highest BCUT2D eigenvalue weighted by Crippen LogP contribution is 2.35. The number of hydrogen-bond acceptors (Lipinski definition) is 7. The van der Waals surface area contributed by atoms with Crippen molar-refractivity contribution in [2.45, 2.75) is 58.2 Å². The summed E-state index contributed by atoms with van der Waals surface area (Å²) >= 11 is 0. The summed E-state index contributed by atoms with van der Waals surface area (Å²) < 4.78 is 20.7. The molecule has 2 aromatic carbocycles. The molecule has 0 aliphatic heterocycles. The molecular formula is C33H37FN4O4. The largest absolute Gasteiger partial charge is 0.466 e. The zero-order valence-corrected chi connectivity index (χ0v) is 24.1. The zero-order valence-electron chi connectivity index (χ0n) is 24.1. The van der Waals surface area contributed by atoms with Gasteiger partial charge in [-0.15, -0.1) is 0 Å². The van der Waals surface area contributed by atoms with E-state index in [0.29, 0.717) is 5.82 Å². The summed E-state index contributed by atoms with van der Waals surface area (Å²) in [4.78, 5) is 16.2. The topological polar surface area (TPSA) is 110 Å². The lowest BCUT2D eigenvalue weighted by Gasteiger charge is -2.13. The Hall–Kier alpha value is -4.34. The molecule has 4 rings (SSSR count). The fourth-order valence-electron chi connectivity index (χ4n) is 4.59. The van der Waals surface area contributed by atoms with Gasteiger partial charge in [0.25, 0.3) is 0 Å². The van der Waals surface area contributed by atoms with E-state index < -0.39 is 18.2 Å². The maximum atomic E-state index is 13.9. The number of hydrogen-bond donors (Lipinski definition) is 3. The lowest BCUT2D eigenvalue weighted by molar-refractivity contribution is -0.145. The highest BCUT2D eigenvalue weighted by atomic mass is 19.1. The zero-order chi connectivity index (χ0) is 30.1. The van der Waals surface area contributed by atoms with Gasteiger partial charge in [-0.25, -0.2) is 14.1 Å². The summed E-state index contributed by atoms with van der Waals surface area (Å²) in [5.74, 6) is -0.167. The van der Waals surface area contributed by atoms with Crippen molar-refractivity contribution in [3.8, 4) is 16.9 Å². The molecule has 9 heteroatoms. The van der Waals surface area contributed by atoms with Crippen LogP contribution in [-0.4, -0.2) is 49.8 Å². The molecule has 0 saturated carbocycles. The molecule has 0 bridgehead atoms. The second-order valence-corrected chi connectivity index (χ2v) is 10.1. The van der Waals surface area contributed by atoms with Crippen LogP contribution in [0.25, 0.3) is 23.0 Å². The van der Waals surface area contributed by atoms with Crippen LogP contribution in [0.5, 0.6) is 0 Å². The molecule has 0 aliphatic rings. The predicted octanol–water partition coefficient (Wildman–Crippen LogP) is 6.41. The summed E-state index contributed by atoms with van der Waals surface area (Å²) in [7, 11) is 0. The molecule has 8 nitrogen and oxygen atoms in total. The number of esters is 1. The van der Waals surface area contributed by atoms with Crippen molar-refractivity contribution in [3.05, 3.63) is 96.1 Å². The number of benzene rings is 2. The average molecular weight is 573 g/mol. The Balaban J connectivity index is 1.75. The van der Waals surface area contributed by atoms with Crippen LogP contribution >= 0.6 is 0 Å². The fourth-order valence-corrected chi connectivity index (χ4v) is 4.59. The van der Waals surface area contributed by atoms with Gasteiger partial charge in [0.05, 0.1) is 42.3 Å². The molecule has 4 aromatic rings. The normalized spacial score (nSPS) is 13.6. The molecule has 3 atom stereocenters. The van der Waals surface area contributed by atoms with Gasteiger partial charge in [-0.2, -0.15) is 5.10 Å². The first-order valence-corrected chi connectivity index (χ1v) is 14.2. The standard InChI is InChI=1S/C33H37FN4O4/c1-4-22(3)32-29(16-15-27(39)20-28(40)21-31(41)42-5-2)33(23-11-13-24(34)14-12-23)38(37-32)26-17-18-35-30(19-26)36-25-9-7-6-8-10-25/h6-19,22,27-28,39-40H,4-5,20-21H2,1-3H3,(H,35,36)/t22?,27-,28-/m1/s1. The van der Waals surface area contributed by atoms with E-state index >= 15 is 0 Å². The van der Waals surface area contributed by atoms with E-state index in [-0.39, 0.29) is 31.2 Å². The number of nitrogens with zero attached hydrogens (tertiary/aromatic N) is 3. The van der Waals surface area contributed by atoms with Crippen molar-refractivity contribution in [3.63, 3.8) is 0 Å². The Morgan fingerprint density at radius 3 is 2.52 bits per heavy atom. The van der Waals surface area contributed by atoms with Crippen LogP contribution in [0.1, 0.15) is 57.2 Å². The van der Waals surface area contributed by atoms with Gasteiger partial charge < -0.3 is 20.3 Å². The number of carbonyl (C=O) groups is 1. The van der Waals surface area contributed by atoms with E-state index in [2.05, 4.69) is 24.1 Å². The first-order chi connectivity index (χ1) is 20.3.